The molecule has 0 heterocycles. The maximum atomic E-state index is 0. The van der Waals surface area contributed by atoms with Crippen molar-refractivity contribution in [3.05, 3.63) is 0 Å². The van der Waals surface area contributed by atoms with Crippen molar-refractivity contribution in [3.8, 4) is 0 Å². The molecule has 0 rings (SSSR count). The summed E-state index contributed by atoms with van der Waals surface area (Å²) >= 11 is 0. The molecular weight excluding hydrogens is 340 g/mol. The van der Waals surface area contributed by atoms with Gasteiger partial charge in [-0.15, -0.1) is 0 Å². The van der Waals surface area contributed by atoms with E-state index in [0.29, 0.717) is 0 Å². The summed E-state index contributed by atoms with van der Waals surface area (Å²) in [6.45, 7) is 0. The zero-order chi connectivity index (χ0) is 0. The Morgan fingerprint density at radius 1 is 1.00 bits per heavy atom. The monoisotopic (exact) mass is 341 g/mol. The summed E-state index contributed by atoms with van der Waals surface area (Å²) in [6, 6.07) is 0. The zero-order valence-electron chi connectivity index (χ0n) is 1.97. The number of hydrogen-bond acceptors (Lipinski definition) is 0. The fraction of sp³-hybridized carbons (Fsp3) is 0. The van der Waals surface area contributed by atoms with Crippen LogP contribution in [0.25, 0.3) is 0 Å². The SMILES string of the molecule is [Al].[Cr].[Cu].[Fe].[KH].[Rh]. The zero-order valence-corrected chi connectivity index (χ0v) is 8.09. The van der Waals surface area contributed by atoms with Crippen molar-refractivity contribution in [2.75, 3.05) is 0 Å². The smallest absolute Gasteiger partial charge is 0 e. The summed E-state index contributed by atoms with van der Waals surface area (Å²) in [5, 5.41) is 0. The van der Waals surface area contributed by atoms with E-state index in [1.807, 2.05) is 0 Å². The second-order valence-corrected chi connectivity index (χ2v) is 0. The molecule has 0 N–H and O–H groups in total. The van der Waals surface area contributed by atoms with Crippen LogP contribution >= 0.6 is 0 Å². The molecule has 0 spiro atoms. The van der Waals surface area contributed by atoms with E-state index >= 15 is 0 Å². The average molecular weight is 341 g/mol. The predicted molar refractivity (Wildman–Crippen MR) is 12.9 cm³/mol. The Hall–Kier alpha value is 4.36. The second kappa shape index (κ2) is 34.4. The Balaban J connectivity index is 0. The summed E-state index contributed by atoms with van der Waals surface area (Å²) in [4.78, 5) is 0. The van der Waals surface area contributed by atoms with Gasteiger partial charge in [0.1, 0.15) is 0 Å². The van der Waals surface area contributed by atoms with Gasteiger partial charge in [-0.1, -0.05) is 0 Å². The van der Waals surface area contributed by atoms with Crippen molar-refractivity contribution in [2.24, 2.45) is 0 Å². The molecule has 0 saturated heterocycles. The van der Waals surface area contributed by atoms with Crippen molar-refractivity contribution in [1.82, 2.24) is 0 Å². The fourth-order valence-corrected chi connectivity index (χ4v) is 0. The Morgan fingerprint density at radius 2 is 1.00 bits per heavy atom. The second-order valence-electron chi connectivity index (χ2n) is 0. The van der Waals surface area contributed by atoms with Crippen molar-refractivity contribution in [2.45, 2.75) is 0 Å². The van der Waals surface area contributed by atoms with Crippen LogP contribution in [0.4, 0.5) is 0 Å². The van der Waals surface area contributed by atoms with Gasteiger partial charge < -0.3 is 0 Å². The largest absolute Gasteiger partial charge is 0 e. The maximum absolute atomic E-state index is 0. The molecule has 0 fully saturated rings. The van der Waals surface area contributed by atoms with E-state index in [-0.39, 0.29) is 140 Å². The standard InChI is InChI=1S/Al.Cr.Cu.Fe.K.Rh.H. The van der Waals surface area contributed by atoms with Crippen molar-refractivity contribution < 1.29 is 71.0 Å². The Morgan fingerprint density at radius 3 is 1.00 bits per heavy atom. The van der Waals surface area contributed by atoms with Gasteiger partial charge in [0.2, 0.25) is 0 Å². The van der Waals surface area contributed by atoms with Gasteiger partial charge in [0.25, 0.3) is 0 Å². The first-order chi connectivity index (χ1) is 0. The summed E-state index contributed by atoms with van der Waals surface area (Å²) in [6.07, 6.45) is 0. The van der Waals surface area contributed by atoms with E-state index in [1.165, 1.54) is 0 Å². The molecule has 0 aliphatic carbocycles. The number of hydrogen-bond donors (Lipinski definition) is 0. The van der Waals surface area contributed by atoms with E-state index in [4.69, 9.17) is 0 Å². The van der Waals surface area contributed by atoms with Crippen LogP contribution in [0.5, 0.6) is 0 Å². The predicted octanol–water partition coefficient (Wildman–Crippen LogP) is -1.04. The summed E-state index contributed by atoms with van der Waals surface area (Å²) < 4.78 is 0. The van der Waals surface area contributed by atoms with Gasteiger partial charge >= 0.3 is 51.4 Å². The Labute approximate surface area is 136 Å². The van der Waals surface area contributed by atoms with Crippen LogP contribution in [0.1, 0.15) is 0 Å². The van der Waals surface area contributed by atoms with E-state index in [2.05, 4.69) is 0 Å². The Bertz CT molecular complexity index is 15.5. The molecule has 0 aromatic carbocycles. The third kappa shape index (κ3) is 23.8. The van der Waals surface area contributed by atoms with Gasteiger partial charge in [0.05, 0.1) is 0 Å². The molecule has 0 aromatic rings. The van der Waals surface area contributed by atoms with Crippen LogP contribution in [0.2, 0.25) is 0 Å². The molecule has 6 heteroatoms. The number of rotatable bonds is 0. The van der Waals surface area contributed by atoms with E-state index in [0.717, 1.165) is 0 Å². The van der Waals surface area contributed by atoms with Crippen LogP contribution < -0.4 is 0 Å². The topological polar surface area (TPSA) is 0 Å². The van der Waals surface area contributed by atoms with Crippen molar-refractivity contribution in [3.63, 3.8) is 0 Å². The van der Waals surface area contributed by atoms with E-state index in [1.54, 1.807) is 0 Å². The molecule has 0 nitrogen and oxygen atoms in total. The molecule has 0 amide bonds. The van der Waals surface area contributed by atoms with E-state index < -0.39 is 0 Å². The maximum Gasteiger partial charge on any atom is 0 e. The van der Waals surface area contributed by atoms with Gasteiger partial charge in [-0.25, -0.2) is 0 Å². The van der Waals surface area contributed by atoms with Crippen molar-refractivity contribution in [1.29, 1.82) is 0 Å². The third-order valence-electron chi connectivity index (χ3n) is 0. The third-order valence-corrected chi connectivity index (χ3v) is 0. The average Bonchev–Trinajstić information content (AvgIpc) is 0. The Kier molecular flexibility index (Phi) is 274. The van der Waals surface area contributed by atoms with Gasteiger partial charge in [-0.05, 0) is 0 Å². The molecular formula is HAlCrCuFeKRh. The molecule has 6 heavy (non-hydrogen) atoms. The van der Waals surface area contributed by atoms with Gasteiger partial charge in [-0.3, -0.25) is 0 Å². The fourth-order valence-electron chi connectivity index (χ4n) is 0. The molecule has 5 radical (unpaired) electrons. The van der Waals surface area contributed by atoms with Crippen molar-refractivity contribution >= 4 is 68.7 Å². The molecule has 0 unspecified atom stereocenters. The molecule has 0 atom stereocenters. The van der Waals surface area contributed by atoms with Crippen LogP contribution in [-0.2, 0) is 71.0 Å². The summed E-state index contributed by atoms with van der Waals surface area (Å²) in [7, 11) is 0. The first kappa shape index (κ1) is 47.7. The molecule has 39 valence electrons. The van der Waals surface area contributed by atoms with Gasteiger partial charge in [0, 0.05) is 88.3 Å². The van der Waals surface area contributed by atoms with Gasteiger partial charge in [-0.2, -0.15) is 0 Å². The molecule has 0 aliphatic rings. The molecule has 0 bridgehead atoms. The molecule has 0 aromatic heterocycles. The normalized spacial score (nSPS) is 0. The molecule has 0 saturated carbocycles. The van der Waals surface area contributed by atoms with E-state index in [9.17, 15) is 0 Å². The van der Waals surface area contributed by atoms with Gasteiger partial charge in [0.15, 0.2) is 0 Å². The quantitative estimate of drug-likeness (QED) is 0.494. The van der Waals surface area contributed by atoms with Crippen LogP contribution in [-0.4, -0.2) is 68.7 Å². The first-order valence-corrected chi connectivity index (χ1v) is 0. The minimum atomic E-state index is 0. The first-order valence-electron chi connectivity index (χ1n) is 0. The molecule has 0 aliphatic heterocycles. The van der Waals surface area contributed by atoms with Crippen LogP contribution in [0.15, 0.2) is 0 Å². The van der Waals surface area contributed by atoms with Crippen LogP contribution in [0, 0.1) is 0 Å². The summed E-state index contributed by atoms with van der Waals surface area (Å²) in [5.41, 5.74) is 0. The minimum Gasteiger partial charge on any atom is 0 e. The van der Waals surface area contributed by atoms with Crippen LogP contribution in [0.3, 0.4) is 0 Å². The summed E-state index contributed by atoms with van der Waals surface area (Å²) in [5.74, 6) is 0. The minimum absolute atomic E-state index is 0.